The van der Waals surface area contributed by atoms with Crippen LogP contribution in [0.15, 0.2) is 18.3 Å². The maximum atomic E-state index is 9.19. The quantitative estimate of drug-likeness (QED) is 0.854. The van der Waals surface area contributed by atoms with E-state index in [1.807, 2.05) is 6.07 Å². The van der Waals surface area contributed by atoms with Crippen LogP contribution < -0.4 is 0 Å². The molecule has 0 amide bonds. The van der Waals surface area contributed by atoms with Gasteiger partial charge in [0.1, 0.15) is 5.75 Å². The minimum atomic E-state index is 0.239. The van der Waals surface area contributed by atoms with Gasteiger partial charge >= 0.3 is 0 Å². The molecule has 2 rings (SSSR count). The topological polar surface area (TPSA) is 36.4 Å². The van der Waals surface area contributed by atoms with Crippen LogP contribution in [0, 0.1) is 11.3 Å². The predicted molar refractivity (Wildman–Crippen MR) is 68.7 cm³/mol. The Labute approximate surface area is 103 Å². The Morgan fingerprint density at radius 2 is 2.18 bits per heavy atom. The van der Waals surface area contributed by atoms with Crippen LogP contribution in [0.4, 0.5) is 0 Å². The highest BCUT2D eigenvalue weighted by Crippen LogP contribution is 2.33. The van der Waals surface area contributed by atoms with Crippen LogP contribution in [-0.2, 0) is 6.54 Å². The molecule has 1 aliphatic rings. The lowest BCUT2D eigenvalue weighted by Crippen LogP contribution is -2.26. The second-order valence-corrected chi connectivity index (χ2v) is 6.09. The van der Waals surface area contributed by atoms with Crippen molar-refractivity contribution in [3.8, 4) is 5.75 Å². The molecule has 17 heavy (non-hydrogen) atoms. The summed E-state index contributed by atoms with van der Waals surface area (Å²) in [5.41, 5.74) is 1.44. The van der Waals surface area contributed by atoms with Crippen LogP contribution in [0.3, 0.4) is 0 Å². The van der Waals surface area contributed by atoms with Crippen LogP contribution in [0.25, 0.3) is 0 Å². The Morgan fingerprint density at radius 1 is 1.41 bits per heavy atom. The lowest BCUT2D eigenvalue weighted by atomic mass is 9.80. The van der Waals surface area contributed by atoms with Crippen molar-refractivity contribution < 1.29 is 5.11 Å². The van der Waals surface area contributed by atoms with Gasteiger partial charge in [-0.1, -0.05) is 20.8 Å². The Hall–Kier alpha value is -1.09. The molecule has 94 valence electrons. The summed E-state index contributed by atoms with van der Waals surface area (Å²) in [6.07, 6.45) is 2.80. The van der Waals surface area contributed by atoms with Gasteiger partial charge in [-0.25, -0.2) is 0 Å². The highest BCUT2D eigenvalue weighted by atomic mass is 16.3. The molecule has 0 radical (unpaired) electrons. The number of likely N-dealkylation sites (tertiary alicyclic amines) is 1. The van der Waals surface area contributed by atoms with Gasteiger partial charge in [0.2, 0.25) is 0 Å². The molecule has 0 bridgehead atoms. The lowest BCUT2D eigenvalue weighted by Gasteiger charge is -2.27. The molecule has 1 N–H and O–H groups in total. The number of aromatic hydroxyl groups is 1. The molecule has 1 aliphatic heterocycles. The number of aromatic nitrogens is 1. The van der Waals surface area contributed by atoms with E-state index in [4.69, 9.17) is 0 Å². The van der Waals surface area contributed by atoms with E-state index < -0.39 is 0 Å². The first-order valence-corrected chi connectivity index (χ1v) is 6.31. The molecule has 3 nitrogen and oxygen atoms in total. The van der Waals surface area contributed by atoms with Crippen molar-refractivity contribution in [1.82, 2.24) is 9.88 Å². The van der Waals surface area contributed by atoms with E-state index in [1.165, 1.54) is 12.6 Å². The van der Waals surface area contributed by atoms with Crippen molar-refractivity contribution in [2.45, 2.75) is 33.7 Å². The average molecular weight is 234 g/mol. The maximum absolute atomic E-state index is 9.19. The van der Waals surface area contributed by atoms with Crippen LogP contribution in [-0.4, -0.2) is 28.1 Å². The summed E-state index contributed by atoms with van der Waals surface area (Å²) in [5, 5.41) is 9.19. The molecule has 1 saturated heterocycles. The summed E-state index contributed by atoms with van der Waals surface area (Å²) in [5.74, 6) is 1.02. The molecule has 1 unspecified atom stereocenters. The van der Waals surface area contributed by atoms with Gasteiger partial charge in [0.25, 0.3) is 0 Å². The monoisotopic (exact) mass is 234 g/mol. The zero-order valence-electron chi connectivity index (χ0n) is 11.0. The first-order chi connectivity index (χ1) is 7.95. The maximum Gasteiger partial charge on any atom is 0.133 e. The molecule has 1 aromatic rings. The number of pyridine rings is 1. The summed E-state index contributed by atoms with van der Waals surface area (Å²) in [6.45, 7) is 10.2. The molecule has 0 spiro atoms. The lowest BCUT2D eigenvalue weighted by molar-refractivity contribution is 0.225. The van der Waals surface area contributed by atoms with Crippen molar-refractivity contribution in [2.24, 2.45) is 11.3 Å². The Bertz CT molecular complexity index is 367. The molecular weight excluding hydrogens is 212 g/mol. The Morgan fingerprint density at radius 3 is 2.71 bits per heavy atom. The number of hydrogen-bond donors (Lipinski definition) is 1. The second kappa shape index (κ2) is 4.65. The molecule has 1 fully saturated rings. The molecule has 0 aliphatic carbocycles. The molecule has 2 heterocycles. The zero-order chi connectivity index (χ0) is 12.5. The standard InChI is InChI=1S/C14H22N2O/c1-14(2,3)11-6-7-16(9-11)10-12-4-5-13(17)8-15-12/h4-5,8,11,17H,6-7,9-10H2,1-3H3. The van der Waals surface area contributed by atoms with Crippen molar-refractivity contribution in [3.63, 3.8) is 0 Å². The minimum Gasteiger partial charge on any atom is -0.506 e. The fraction of sp³-hybridized carbons (Fsp3) is 0.643. The molecule has 1 atom stereocenters. The van der Waals surface area contributed by atoms with Crippen molar-refractivity contribution in [1.29, 1.82) is 0 Å². The van der Waals surface area contributed by atoms with Gasteiger partial charge in [-0.2, -0.15) is 0 Å². The molecule has 0 saturated carbocycles. The number of hydrogen-bond acceptors (Lipinski definition) is 3. The summed E-state index contributed by atoms with van der Waals surface area (Å²) in [6, 6.07) is 3.61. The second-order valence-electron chi connectivity index (χ2n) is 6.09. The molecule has 1 aromatic heterocycles. The number of nitrogens with zero attached hydrogens (tertiary/aromatic N) is 2. The third kappa shape index (κ3) is 3.19. The largest absolute Gasteiger partial charge is 0.506 e. The molecular formula is C14H22N2O. The average Bonchev–Trinajstić information content (AvgIpc) is 2.69. The van der Waals surface area contributed by atoms with E-state index in [0.717, 1.165) is 31.2 Å². The van der Waals surface area contributed by atoms with E-state index in [1.54, 1.807) is 6.07 Å². The highest BCUT2D eigenvalue weighted by molar-refractivity contribution is 5.17. The normalized spacial score (nSPS) is 21.9. The molecule has 0 aromatic carbocycles. The van der Waals surface area contributed by atoms with Gasteiger partial charge < -0.3 is 5.11 Å². The third-order valence-corrected chi connectivity index (χ3v) is 3.69. The van der Waals surface area contributed by atoms with Crippen molar-refractivity contribution in [3.05, 3.63) is 24.0 Å². The summed E-state index contributed by atoms with van der Waals surface area (Å²) < 4.78 is 0. The van der Waals surface area contributed by atoms with E-state index >= 15 is 0 Å². The van der Waals surface area contributed by atoms with Gasteiger partial charge in [0.15, 0.2) is 0 Å². The molecule has 3 heteroatoms. The SMILES string of the molecule is CC(C)(C)C1CCN(Cc2ccc(O)cn2)C1. The van der Waals surface area contributed by atoms with Crippen LogP contribution in [0.2, 0.25) is 0 Å². The van der Waals surface area contributed by atoms with Gasteiger partial charge in [-0.15, -0.1) is 0 Å². The van der Waals surface area contributed by atoms with E-state index in [2.05, 4.69) is 30.7 Å². The summed E-state index contributed by atoms with van der Waals surface area (Å²) in [4.78, 5) is 6.69. The van der Waals surface area contributed by atoms with Gasteiger partial charge in [-0.05, 0) is 36.4 Å². The Kier molecular flexibility index (Phi) is 3.38. The highest BCUT2D eigenvalue weighted by Gasteiger charge is 2.31. The first-order valence-electron chi connectivity index (χ1n) is 6.31. The van der Waals surface area contributed by atoms with Crippen LogP contribution in [0.5, 0.6) is 5.75 Å². The predicted octanol–water partition coefficient (Wildman–Crippen LogP) is 2.66. The first kappa shape index (κ1) is 12.4. The van der Waals surface area contributed by atoms with E-state index in [-0.39, 0.29) is 5.75 Å². The van der Waals surface area contributed by atoms with Gasteiger partial charge in [0.05, 0.1) is 11.9 Å². The number of rotatable bonds is 2. The van der Waals surface area contributed by atoms with E-state index in [9.17, 15) is 5.11 Å². The van der Waals surface area contributed by atoms with Crippen molar-refractivity contribution in [2.75, 3.05) is 13.1 Å². The fourth-order valence-electron chi connectivity index (χ4n) is 2.42. The fourth-order valence-corrected chi connectivity index (χ4v) is 2.42. The van der Waals surface area contributed by atoms with Crippen LogP contribution in [0.1, 0.15) is 32.9 Å². The minimum absolute atomic E-state index is 0.239. The summed E-state index contributed by atoms with van der Waals surface area (Å²) >= 11 is 0. The summed E-state index contributed by atoms with van der Waals surface area (Å²) in [7, 11) is 0. The van der Waals surface area contributed by atoms with E-state index in [0.29, 0.717) is 5.41 Å². The third-order valence-electron chi connectivity index (χ3n) is 3.69. The van der Waals surface area contributed by atoms with Gasteiger partial charge in [0, 0.05) is 13.1 Å². The van der Waals surface area contributed by atoms with Crippen molar-refractivity contribution >= 4 is 0 Å². The zero-order valence-corrected chi connectivity index (χ0v) is 11.0. The van der Waals surface area contributed by atoms with Gasteiger partial charge in [-0.3, -0.25) is 9.88 Å². The van der Waals surface area contributed by atoms with Crippen LogP contribution >= 0.6 is 0 Å². The Balaban J connectivity index is 1.92. The smallest absolute Gasteiger partial charge is 0.133 e.